The molecule has 2 fully saturated rings. The number of hydrogen-bond acceptors (Lipinski definition) is 17. The molecule has 41 heavy (non-hydrogen) atoms. The number of aliphatic hydroxyl groups excluding tert-OH is 2. The van der Waals surface area contributed by atoms with Crippen LogP contribution in [0.3, 0.4) is 0 Å². The van der Waals surface area contributed by atoms with Crippen molar-refractivity contribution in [2.45, 2.75) is 99.9 Å². The zero-order valence-corrected chi connectivity index (χ0v) is 23.0. The van der Waals surface area contributed by atoms with Gasteiger partial charge in [-0.2, -0.15) is 0 Å². The molecule has 1 unspecified atom stereocenters. The lowest BCUT2D eigenvalue weighted by molar-refractivity contribution is -0.419. The van der Waals surface area contributed by atoms with Crippen LogP contribution < -0.4 is 0 Å². The van der Waals surface area contributed by atoms with E-state index in [2.05, 4.69) is 0 Å². The van der Waals surface area contributed by atoms with E-state index < -0.39 is 106 Å². The molecule has 2 heterocycles. The van der Waals surface area contributed by atoms with E-state index in [1.807, 2.05) is 0 Å². The van der Waals surface area contributed by atoms with Crippen LogP contribution in [-0.2, 0) is 43.0 Å². The summed E-state index contributed by atoms with van der Waals surface area (Å²) in [5.41, 5.74) is -18.9. The molecule has 0 aliphatic carbocycles. The Morgan fingerprint density at radius 2 is 1.05 bits per heavy atom. The molecule has 2 aliphatic rings. The third-order valence-electron chi connectivity index (χ3n) is 8.03. The lowest BCUT2D eigenvalue weighted by Crippen LogP contribution is -2.88. The average Bonchev–Trinajstić information content (AvgIpc) is 2.87. The van der Waals surface area contributed by atoms with Gasteiger partial charge in [0.25, 0.3) is 5.79 Å². The Morgan fingerprint density at radius 3 is 1.37 bits per heavy atom. The highest BCUT2D eigenvalue weighted by Gasteiger charge is 2.82. The third kappa shape index (κ3) is 4.04. The fraction of sp³-hybridized carbons (Fsp3) is 0.750. The lowest BCUT2D eigenvalue weighted by atomic mass is 9.61. The van der Waals surface area contributed by atoms with Crippen molar-refractivity contribution in [3.63, 3.8) is 0 Å². The second-order valence-corrected chi connectivity index (χ2v) is 10.2. The van der Waals surface area contributed by atoms with E-state index in [1.54, 1.807) is 0 Å². The van der Waals surface area contributed by atoms with Gasteiger partial charge in [-0.1, -0.05) is 0 Å². The van der Waals surface area contributed by atoms with Crippen LogP contribution in [0.1, 0.15) is 41.5 Å². The van der Waals surface area contributed by atoms with Crippen LogP contribution in [0.2, 0.25) is 0 Å². The fourth-order valence-corrected chi connectivity index (χ4v) is 5.64. The smallest absolute Gasteiger partial charge is 0.267 e. The molecule has 2 rings (SSSR count). The van der Waals surface area contributed by atoms with Gasteiger partial charge in [-0.25, -0.2) is 0 Å². The van der Waals surface area contributed by atoms with E-state index >= 15 is 0 Å². The van der Waals surface area contributed by atoms with Gasteiger partial charge >= 0.3 is 0 Å². The highest BCUT2D eigenvalue weighted by molar-refractivity contribution is 6.06. The number of aliphatic hydroxyl groups is 8. The van der Waals surface area contributed by atoms with Crippen LogP contribution in [0.25, 0.3) is 0 Å². The van der Waals surface area contributed by atoms with E-state index in [-0.39, 0.29) is 0 Å². The summed E-state index contributed by atoms with van der Waals surface area (Å²) in [5, 5.41) is 88.0. The summed E-state index contributed by atoms with van der Waals surface area (Å²) in [5.74, 6) is -13.2. The normalized spacial score (nSPS) is 44.6. The summed E-state index contributed by atoms with van der Waals surface area (Å²) < 4.78 is 15.7. The van der Waals surface area contributed by atoms with E-state index in [1.165, 1.54) is 0 Å². The van der Waals surface area contributed by atoms with E-state index in [4.69, 9.17) is 14.2 Å². The second kappa shape index (κ2) is 10.7. The standard InChI is InChI=1S/C24H34O17/c1-9(27)19(33)16(8-26)39-18(21(35,11(3)29)22(19,36)12(4)30)40-17-15(7-25)41-24(38,14(6)32)23(37,13(5)31)20(17,34)10(2)28/h15-18,25-26,33-38H,7-8H2,1-6H3/t15-,16-,17-,18+,19+,20+,21+,22+,23-,24?/m1/s1. The molecule has 0 bridgehead atoms. The minimum Gasteiger partial charge on any atom is -0.394 e. The minimum absolute atomic E-state index is 0.536. The van der Waals surface area contributed by atoms with Crippen molar-refractivity contribution in [2.24, 2.45) is 0 Å². The molecule has 232 valence electrons. The maximum Gasteiger partial charge on any atom is 0.267 e. The summed E-state index contributed by atoms with van der Waals surface area (Å²) in [6, 6.07) is 0. The number of ether oxygens (including phenoxy) is 3. The number of ketones is 6. The Morgan fingerprint density at radius 1 is 0.610 bits per heavy atom. The minimum atomic E-state index is -3.90. The molecule has 17 nitrogen and oxygen atoms in total. The van der Waals surface area contributed by atoms with Crippen molar-refractivity contribution in [1.82, 2.24) is 0 Å². The number of hydrogen-bond donors (Lipinski definition) is 8. The van der Waals surface area contributed by atoms with Gasteiger partial charge in [-0.15, -0.1) is 0 Å². The summed E-state index contributed by atoms with van der Waals surface area (Å²) in [7, 11) is 0. The number of carbonyl (C=O) groups excluding carboxylic acids is 6. The van der Waals surface area contributed by atoms with Gasteiger partial charge in [0, 0.05) is 6.92 Å². The predicted octanol–water partition coefficient (Wildman–Crippen LogP) is -5.64. The van der Waals surface area contributed by atoms with Gasteiger partial charge < -0.3 is 55.1 Å². The van der Waals surface area contributed by atoms with Crippen LogP contribution in [0.4, 0.5) is 0 Å². The first-order valence-electron chi connectivity index (χ1n) is 12.1. The molecule has 0 aromatic heterocycles. The molecule has 8 N–H and O–H groups in total. The maximum atomic E-state index is 12.9. The SMILES string of the molecule is CC(=O)C1(O)O[C@H](CO)[C@@H](O[C@@H]2O[C@H](CO)[C@@](O)(C(C)=O)[C@@](O)(C(C)=O)[C@]2(O)C(C)=O)[C@@](O)(C(C)=O)[C@]1(O)C(C)=O. The van der Waals surface area contributed by atoms with Gasteiger partial charge in [0.2, 0.25) is 16.8 Å². The molecule has 2 aliphatic heterocycles. The Balaban J connectivity index is 2.97. The quantitative estimate of drug-likeness (QED) is 0.117. The van der Waals surface area contributed by atoms with Crippen molar-refractivity contribution >= 4 is 34.7 Å². The molecular weight excluding hydrogens is 560 g/mol. The Kier molecular flexibility index (Phi) is 9.07. The van der Waals surface area contributed by atoms with E-state index in [0.29, 0.717) is 41.5 Å². The first-order chi connectivity index (χ1) is 18.5. The fourth-order valence-electron chi connectivity index (χ4n) is 5.64. The highest BCUT2D eigenvalue weighted by Crippen LogP contribution is 2.51. The lowest BCUT2D eigenvalue weighted by Gasteiger charge is -2.60. The number of rotatable bonds is 10. The molecule has 0 saturated carbocycles. The van der Waals surface area contributed by atoms with Crippen molar-refractivity contribution in [2.75, 3.05) is 13.2 Å². The first-order valence-corrected chi connectivity index (χ1v) is 12.1. The summed E-state index contributed by atoms with van der Waals surface area (Å²) >= 11 is 0. The zero-order valence-electron chi connectivity index (χ0n) is 23.0. The summed E-state index contributed by atoms with van der Waals surface area (Å²) in [4.78, 5) is 76.1. The van der Waals surface area contributed by atoms with Crippen LogP contribution >= 0.6 is 0 Å². The second-order valence-electron chi connectivity index (χ2n) is 10.2. The zero-order chi connectivity index (χ0) is 32.3. The molecule has 10 atom stereocenters. The van der Waals surface area contributed by atoms with Crippen molar-refractivity contribution < 1.29 is 83.8 Å². The van der Waals surface area contributed by atoms with E-state index in [0.717, 1.165) is 0 Å². The number of Topliss-reactive ketones (excluding diaryl/α,β-unsaturated/α-hetero) is 6. The Bertz CT molecular complexity index is 1170. The molecule has 0 aromatic carbocycles. The van der Waals surface area contributed by atoms with Crippen LogP contribution in [0.15, 0.2) is 0 Å². The third-order valence-corrected chi connectivity index (χ3v) is 8.03. The molecular formula is C24H34O17. The molecule has 0 amide bonds. The number of carbonyl (C=O) groups is 6. The van der Waals surface area contributed by atoms with Gasteiger partial charge in [0.1, 0.15) is 18.3 Å². The van der Waals surface area contributed by atoms with Crippen molar-refractivity contribution in [3.8, 4) is 0 Å². The van der Waals surface area contributed by atoms with Gasteiger partial charge in [-0.05, 0) is 34.6 Å². The Hall–Kier alpha value is -2.42. The van der Waals surface area contributed by atoms with Crippen molar-refractivity contribution in [3.05, 3.63) is 0 Å². The largest absolute Gasteiger partial charge is 0.394 e. The van der Waals surface area contributed by atoms with Crippen LogP contribution in [-0.4, -0.2) is 147 Å². The summed E-state index contributed by atoms with van der Waals surface area (Å²) in [6.07, 6.45) is -10.2. The molecule has 0 spiro atoms. The topological polar surface area (TPSA) is 292 Å². The Labute approximate surface area is 232 Å². The van der Waals surface area contributed by atoms with Crippen LogP contribution in [0.5, 0.6) is 0 Å². The van der Waals surface area contributed by atoms with Crippen molar-refractivity contribution in [1.29, 1.82) is 0 Å². The van der Waals surface area contributed by atoms with Gasteiger partial charge in [0.15, 0.2) is 52.2 Å². The van der Waals surface area contributed by atoms with E-state index in [9.17, 15) is 69.6 Å². The van der Waals surface area contributed by atoms with Gasteiger partial charge in [0.05, 0.1) is 13.2 Å². The maximum absolute atomic E-state index is 12.9. The average molecular weight is 595 g/mol. The predicted molar refractivity (Wildman–Crippen MR) is 126 cm³/mol. The molecule has 0 radical (unpaired) electrons. The monoisotopic (exact) mass is 594 g/mol. The highest BCUT2D eigenvalue weighted by atomic mass is 16.7. The molecule has 0 aromatic rings. The van der Waals surface area contributed by atoms with Crippen LogP contribution in [0, 0.1) is 0 Å². The molecule has 17 heteroatoms. The molecule has 2 saturated heterocycles. The summed E-state index contributed by atoms with van der Waals surface area (Å²) in [6.45, 7) is 0.661. The first kappa shape index (κ1) is 34.8. The van der Waals surface area contributed by atoms with Gasteiger partial charge in [-0.3, -0.25) is 28.8 Å².